The number of aliphatic hydroxyl groups is 1. The van der Waals surface area contributed by atoms with Crippen molar-refractivity contribution in [2.45, 2.75) is 43.4 Å². The van der Waals surface area contributed by atoms with E-state index in [2.05, 4.69) is 15.6 Å². The van der Waals surface area contributed by atoms with E-state index in [0.717, 1.165) is 10.3 Å². The van der Waals surface area contributed by atoms with Gasteiger partial charge in [-0.05, 0) is 48.4 Å². The molecule has 47 heavy (non-hydrogen) atoms. The van der Waals surface area contributed by atoms with Crippen molar-refractivity contribution in [3.8, 4) is 0 Å². The number of ether oxygens (including phenoxy) is 1. The largest absolute Gasteiger partial charge is 0.434 e. The van der Waals surface area contributed by atoms with Gasteiger partial charge in [-0.1, -0.05) is 36.4 Å². The SMILES string of the molecule is C[CH-]CN(C[C@@H](O)[C@H](Cc1ccccc1)NC(=O)C1CN(c2cccc(NC(C)=O)c2)C(=O)O1)S(=O)(=O)c1ccc2ncsc2c1.[Cm]. The van der Waals surface area contributed by atoms with Gasteiger partial charge in [-0.3, -0.25) is 14.5 Å². The quantitative estimate of drug-likeness (QED) is 0.172. The smallest absolute Gasteiger partial charge is 0.415 e. The Kier molecular flexibility index (Phi) is 10.9. The molecule has 0 spiro atoms. The third kappa shape index (κ3) is 8.08. The Bertz CT molecular complexity index is 1820. The molecule has 1 fully saturated rings. The maximum absolute atomic E-state index is 13.7. The van der Waals surface area contributed by atoms with E-state index in [-0.39, 0.29) is 36.9 Å². The van der Waals surface area contributed by atoms with E-state index >= 15 is 0 Å². The molecule has 0 radical (unpaired) electrons. The minimum atomic E-state index is -4.03. The van der Waals surface area contributed by atoms with Crippen molar-refractivity contribution in [1.82, 2.24) is 14.6 Å². The van der Waals surface area contributed by atoms with Gasteiger partial charge in [0.25, 0.3) is 5.91 Å². The van der Waals surface area contributed by atoms with Crippen LogP contribution in [-0.4, -0.2) is 78.6 Å². The number of amides is 3. The van der Waals surface area contributed by atoms with Gasteiger partial charge in [-0.25, -0.2) is 22.5 Å². The monoisotopic (exact) mass is 907 g/mol. The molecule has 3 amide bonds. The number of anilines is 2. The van der Waals surface area contributed by atoms with Gasteiger partial charge in [-0.2, -0.15) is 6.92 Å². The van der Waals surface area contributed by atoms with E-state index in [1.165, 1.54) is 33.5 Å². The summed E-state index contributed by atoms with van der Waals surface area (Å²) in [7, 11) is -4.03. The molecule has 250 valence electrons. The number of cyclic esters (lactones) is 1. The molecular formula is C32H34CmN5O7S2-. The van der Waals surface area contributed by atoms with Gasteiger partial charge in [0.1, 0.15) is 0 Å². The Balaban J connectivity index is 0.00000500. The van der Waals surface area contributed by atoms with Gasteiger partial charge in [0.15, 0.2) is 6.10 Å². The number of fused-ring (bicyclic) bond motifs is 1. The molecule has 12 nitrogen and oxygen atoms in total. The van der Waals surface area contributed by atoms with Gasteiger partial charge in [0.2, 0.25) is 15.9 Å². The Hall–Kier alpha value is -5.37. The first kappa shape index (κ1) is 34.5. The average Bonchev–Trinajstić information content (AvgIpc) is 3.67. The molecule has 15 heteroatoms. The van der Waals surface area contributed by atoms with Gasteiger partial charge < -0.3 is 26.9 Å². The van der Waals surface area contributed by atoms with Crippen LogP contribution in [0.1, 0.15) is 19.4 Å². The molecule has 1 aromatic heterocycles. The molecule has 2 heterocycles. The van der Waals surface area contributed by atoms with Crippen LogP contribution >= 0.6 is 11.3 Å². The third-order valence-electron chi connectivity index (χ3n) is 7.39. The van der Waals surface area contributed by atoms with Crippen LogP contribution in [0.2, 0.25) is 0 Å². The molecule has 3 N–H and O–H groups in total. The fourth-order valence-electron chi connectivity index (χ4n) is 5.15. The molecule has 3 aromatic carbocycles. The zero-order valence-corrected chi connectivity index (χ0v) is 30.1. The number of hydrogen-bond acceptors (Lipinski definition) is 9. The fraction of sp³-hybridized carbons (Fsp3) is 0.281. The van der Waals surface area contributed by atoms with Gasteiger partial charge >= 0.3 is 6.09 Å². The van der Waals surface area contributed by atoms with Crippen molar-refractivity contribution in [3.63, 3.8) is 0 Å². The second-order valence-electron chi connectivity index (χ2n) is 10.8. The normalized spacial score (nSPS) is 16.0. The maximum atomic E-state index is 13.7. The number of aliphatic hydroxyl groups excluding tert-OH is 1. The Labute approximate surface area is 271 Å². The standard InChI is InChI=1S/C32H34N5O7S2.Cm/c1-3-14-36(46(42,43)25-12-13-26-30(17-25)45-20-33-26)18-28(39)27(15-22-8-5-4-6-9-22)35-31(40)29-19-37(32(41)44-29)24-11-7-10-23(16-24)34-21(2)38;/h3-13,16-17,20,27-29,39H,14-15,18-19H2,1-2H3,(H,34,38)(H,35,40);/q-1;/t27-,28+,29?;/m0./s1. The zero-order chi connectivity index (χ0) is 32.8. The second-order valence-corrected chi connectivity index (χ2v) is 13.6. The predicted molar refractivity (Wildman–Crippen MR) is 175 cm³/mol. The summed E-state index contributed by atoms with van der Waals surface area (Å²) in [4.78, 5) is 43.3. The van der Waals surface area contributed by atoms with Gasteiger partial charge in [0.05, 0.1) is 39.3 Å². The van der Waals surface area contributed by atoms with Crippen molar-refractivity contribution < 1.29 is 32.6 Å². The molecule has 0 saturated carbocycles. The topological polar surface area (TPSA) is 158 Å². The number of hydrogen-bond donors (Lipinski definition) is 3. The number of benzene rings is 3. The maximum Gasteiger partial charge on any atom is 0.415 e. The number of nitrogens with one attached hydrogen (secondary N) is 2. The first-order valence-electron chi connectivity index (χ1n) is 14.5. The Morgan fingerprint density at radius 3 is 2.64 bits per heavy atom. The number of thiazole rings is 1. The summed E-state index contributed by atoms with van der Waals surface area (Å²) in [6, 6.07) is 19.5. The molecule has 1 unspecified atom stereocenters. The van der Waals surface area contributed by atoms with E-state index in [4.69, 9.17) is 4.74 Å². The molecule has 1 aliphatic rings. The Morgan fingerprint density at radius 1 is 1.15 bits per heavy atom. The summed E-state index contributed by atoms with van der Waals surface area (Å²) in [6.07, 6.45) is -1.40. The van der Waals surface area contributed by atoms with Crippen LogP contribution in [0.4, 0.5) is 16.2 Å². The minimum absolute atomic E-state index is 0. The van der Waals surface area contributed by atoms with E-state index in [9.17, 15) is 27.9 Å². The Morgan fingerprint density at radius 2 is 1.91 bits per heavy atom. The van der Waals surface area contributed by atoms with Crippen LogP contribution in [-0.2, 0) is 30.8 Å². The van der Waals surface area contributed by atoms with Crippen LogP contribution in [0, 0.1) is 6.42 Å². The van der Waals surface area contributed by atoms with Crippen LogP contribution in [0.3, 0.4) is 0 Å². The summed E-state index contributed by atoms with van der Waals surface area (Å²) in [6.45, 7) is 2.70. The molecule has 1 aliphatic heterocycles. The van der Waals surface area contributed by atoms with Gasteiger partial charge in [0, 0.05) is 24.8 Å². The number of sulfonamides is 1. The van der Waals surface area contributed by atoms with Crippen LogP contribution in [0.25, 0.3) is 10.2 Å². The molecule has 5 rings (SSSR count). The fourth-order valence-corrected chi connectivity index (χ4v) is 7.44. The van der Waals surface area contributed by atoms with Crippen LogP contribution in [0.15, 0.2) is 83.2 Å². The molecular weight excluding hydrogens is 878 g/mol. The van der Waals surface area contributed by atoms with Crippen molar-refractivity contribution >= 4 is 60.9 Å². The number of carbonyl (C=O) groups is 3. The third-order valence-corrected chi connectivity index (χ3v) is 10.0. The van der Waals surface area contributed by atoms with Crippen molar-refractivity contribution in [2.24, 2.45) is 0 Å². The van der Waals surface area contributed by atoms with Crippen LogP contribution < -0.4 is 15.5 Å². The summed E-state index contributed by atoms with van der Waals surface area (Å²) >= 11 is 1.33. The van der Waals surface area contributed by atoms with E-state index < -0.39 is 40.3 Å². The average molecular weight is 912 g/mol. The zero-order valence-electron chi connectivity index (χ0n) is 25.6. The summed E-state index contributed by atoms with van der Waals surface area (Å²) in [5, 5.41) is 17.0. The minimum Gasteiger partial charge on any atom is -0.434 e. The van der Waals surface area contributed by atoms with Crippen LogP contribution in [0.5, 0.6) is 0 Å². The molecule has 3 atom stereocenters. The number of rotatable bonds is 13. The van der Waals surface area contributed by atoms with E-state index in [1.54, 1.807) is 55.3 Å². The predicted octanol–water partition coefficient (Wildman–Crippen LogP) is 3.58. The van der Waals surface area contributed by atoms with E-state index in [1.807, 2.05) is 30.3 Å². The number of nitrogens with zero attached hydrogens (tertiary/aromatic N) is 3. The van der Waals surface area contributed by atoms with Gasteiger partial charge in [-0.15, -0.1) is 17.9 Å². The molecule has 4 aromatic rings. The molecule has 0 bridgehead atoms. The molecule has 0 aliphatic carbocycles. The van der Waals surface area contributed by atoms with Crippen molar-refractivity contribution in [1.29, 1.82) is 0 Å². The summed E-state index contributed by atoms with van der Waals surface area (Å²) in [5.74, 6) is -0.911. The summed E-state index contributed by atoms with van der Waals surface area (Å²) in [5.41, 5.74) is 4.05. The second kappa shape index (κ2) is 14.8. The number of aromatic nitrogens is 1. The van der Waals surface area contributed by atoms with E-state index in [0.29, 0.717) is 16.9 Å². The first-order chi connectivity index (χ1) is 22.0. The van der Waals surface area contributed by atoms with Crippen molar-refractivity contribution in [3.05, 3.63) is 90.3 Å². The molecule has 1 saturated heterocycles. The summed E-state index contributed by atoms with van der Waals surface area (Å²) < 4.78 is 34.7. The van der Waals surface area contributed by atoms with Crippen molar-refractivity contribution in [2.75, 3.05) is 29.9 Å². The number of carbonyl (C=O) groups excluding carboxylic acids is 3. The first-order valence-corrected chi connectivity index (χ1v) is 16.9.